The first-order chi connectivity index (χ1) is 11.8. The smallest absolute Gasteiger partial charge is 0.417 e. The molecule has 8 heteroatoms. The van der Waals surface area contributed by atoms with Gasteiger partial charge in [-0.05, 0) is 11.5 Å². The summed E-state index contributed by atoms with van der Waals surface area (Å²) in [5, 5.41) is 9.27. The molecule has 0 unspecified atom stereocenters. The fraction of sp³-hybridized carbons (Fsp3) is 0.412. The molecule has 1 aromatic rings. The van der Waals surface area contributed by atoms with Crippen molar-refractivity contribution >= 4 is 23.9 Å². The Kier molecular flexibility index (Phi) is 5.74. The van der Waals surface area contributed by atoms with Gasteiger partial charge in [0.1, 0.15) is 12.6 Å². The maximum atomic E-state index is 12.2. The number of imide groups is 1. The number of benzene rings is 1. The second kappa shape index (κ2) is 7.78. The monoisotopic (exact) mass is 348 g/mol. The van der Waals surface area contributed by atoms with E-state index in [9.17, 15) is 24.3 Å². The van der Waals surface area contributed by atoms with E-state index >= 15 is 0 Å². The zero-order valence-corrected chi connectivity index (χ0v) is 14.0. The van der Waals surface area contributed by atoms with Crippen molar-refractivity contribution in [3.8, 4) is 0 Å². The molecule has 0 radical (unpaired) electrons. The van der Waals surface area contributed by atoms with Crippen LogP contribution in [0.15, 0.2) is 30.3 Å². The highest BCUT2D eigenvalue weighted by Gasteiger charge is 2.42. The Hall–Kier alpha value is -2.90. The van der Waals surface area contributed by atoms with Crippen LogP contribution in [0.5, 0.6) is 0 Å². The third-order valence-corrected chi connectivity index (χ3v) is 3.90. The van der Waals surface area contributed by atoms with Crippen molar-refractivity contribution in [1.82, 2.24) is 9.80 Å². The van der Waals surface area contributed by atoms with Crippen LogP contribution < -0.4 is 0 Å². The predicted molar refractivity (Wildman–Crippen MR) is 86.3 cm³/mol. The van der Waals surface area contributed by atoms with Gasteiger partial charge in [-0.3, -0.25) is 9.59 Å². The minimum Gasteiger partial charge on any atom is -0.480 e. The summed E-state index contributed by atoms with van der Waals surface area (Å²) in [4.78, 5) is 49.5. The molecule has 8 nitrogen and oxygen atoms in total. The zero-order chi connectivity index (χ0) is 18.6. The Morgan fingerprint density at radius 3 is 2.32 bits per heavy atom. The fourth-order valence-electron chi connectivity index (χ4n) is 2.66. The first kappa shape index (κ1) is 18.4. The van der Waals surface area contributed by atoms with Crippen molar-refractivity contribution in [3.05, 3.63) is 35.9 Å². The molecule has 0 spiro atoms. The normalized spacial score (nSPS) is 16.1. The molecule has 3 amide bonds. The molecule has 1 aromatic carbocycles. The van der Waals surface area contributed by atoms with Crippen LogP contribution in [-0.2, 0) is 25.7 Å². The average molecular weight is 348 g/mol. The molecule has 0 saturated carbocycles. The van der Waals surface area contributed by atoms with E-state index in [1.54, 1.807) is 38.1 Å². The van der Waals surface area contributed by atoms with Gasteiger partial charge < -0.3 is 14.7 Å². The van der Waals surface area contributed by atoms with Gasteiger partial charge in [-0.25, -0.2) is 14.5 Å². The molecule has 0 aromatic heterocycles. The summed E-state index contributed by atoms with van der Waals surface area (Å²) in [5.74, 6) is -3.64. The van der Waals surface area contributed by atoms with Crippen LogP contribution in [0.2, 0.25) is 0 Å². The summed E-state index contributed by atoms with van der Waals surface area (Å²) >= 11 is 0. The van der Waals surface area contributed by atoms with Gasteiger partial charge in [0.25, 0.3) is 0 Å². The van der Waals surface area contributed by atoms with Crippen LogP contribution in [0.1, 0.15) is 19.4 Å². The standard InChI is InChI=1S/C17H20N2O6/c1-11(2)13(16(22)23)18-8-9-19(15(21)14(18)20)17(24)25-10-12-6-4-3-5-7-12/h3-7,11,13H,8-10H2,1-2H3,(H,22,23)/t13-/m0/s1. The Bertz CT molecular complexity index is 673. The number of rotatable bonds is 5. The number of amides is 3. The van der Waals surface area contributed by atoms with Crippen molar-refractivity contribution in [2.24, 2.45) is 5.92 Å². The van der Waals surface area contributed by atoms with E-state index in [-0.39, 0.29) is 25.6 Å². The molecule has 25 heavy (non-hydrogen) atoms. The summed E-state index contributed by atoms with van der Waals surface area (Å²) in [5.41, 5.74) is 0.749. The maximum absolute atomic E-state index is 12.2. The van der Waals surface area contributed by atoms with E-state index in [4.69, 9.17) is 4.74 Å². The van der Waals surface area contributed by atoms with Crippen LogP contribution >= 0.6 is 0 Å². The summed E-state index contributed by atoms with van der Waals surface area (Å²) in [6.45, 7) is 3.13. The molecule has 1 N–H and O–H groups in total. The molecular formula is C17H20N2O6. The van der Waals surface area contributed by atoms with Gasteiger partial charge in [-0.2, -0.15) is 0 Å². The highest BCUT2D eigenvalue weighted by atomic mass is 16.6. The third-order valence-electron chi connectivity index (χ3n) is 3.90. The summed E-state index contributed by atoms with van der Waals surface area (Å²) in [6.07, 6.45) is -0.918. The van der Waals surface area contributed by atoms with Gasteiger partial charge in [0.15, 0.2) is 0 Å². The number of carbonyl (C=O) groups excluding carboxylic acids is 3. The maximum Gasteiger partial charge on any atom is 0.417 e. The molecule has 134 valence electrons. The van der Waals surface area contributed by atoms with Gasteiger partial charge in [-0.15, -0.1) is 0 Å². The first-order valence-electron chi connectivity index (χ1n) is 7.89. The quantitative estimate of drug-likeness (QED) is 0.799. The number of hydrogen-bond acceptors (Lipinski definition) is 5. The van der Waals surface area contributed by atoms with Crippen LogP contribution in [0, 0.1) is 5.92 Å². The molecule has 1 aliphatic heterocycles. The van der Waals surface area contributed by atoms with Crippen LogP contribution in [0.25, 0.3) is 0 Å². The van der Waals surface area contributed by atoms with E-state index < -0.39 is 29.9 Å². The Labute approximate surface area is 145 Å². The molecule has 1 atom stereocenters. The summed E-state index contributed by atoms with van der Waals surface area (Å²) in [7, 11) is 0. The van der Waals surface area contributed by atoms with Crippen molar-refractivity contribution < 1.29 is 29.0 Å². The fourth-order valence-corrected chi connectivity index (χ4v) is 2.66. The minimum absolute atomic E-state index is 0.0227. The molecule has 1 fully saturated rings. The molecular weight excluding hydrogens is 328 g/mol. The molecule has 2 rings (SSSR count). The Morgan fingerprint density at radius 2 is 1.76 bits per heavy atom. The first-order valence-corrected chi connectivity index (χ1v) is 7.89. The molecule has 0 aliphatic carbocycles. The molecule has 0 bridgehead atoms. The summed E-state index contributed by atoms with van der Waals surface area (Å²) in [6, 6.07) is 7.80. The lowest BCUT2D eigenvalue weighted by molar-refractivity contribution is -0.162. The third kappa shape index (κ3) is 4.14. The van der Waals surface area contributed by atoms with Crippen molar-refractivity contribution in [2.75, 3.05) is 13.1 Å². The lowest BCUT2D eigenvalue weighted by Crippen LogP contribution is -2.61. The average Bonchev–Trinajstić information content (AvgIpc) is 2.57. The van der Waals surface area contributed by atoms with Crippen molar-refractivity contribution in [1.29, 1.82) is 0 Å². The molecule has 1 heterocycles. The SMILES string of the molecule is CC(C)[C@@H](C(=O)O)N1CCN(C(=O)OCc2ccccc2)C(=O)C1=O. The highest BCUT2D eigenvalue weighted by molar-refractivity contribution is 6.38. The minimum atomic E-state index is -1.18. The number of ether oxygens (including phenoxy) is 1. The van der Waals surface area contributed by atoms with Crippen LogP contribution in [-0.4, -0.2) is 57.9 Å². The second-order valence-corrected chi connectivity index (χ2v) is 6.02. The number of carboxylic acids is 1. The lowest BCUT2D eigenvalue weighted by Gasteiger charge is -2.36. The number of piperazine rings is 1. The van der Waals surface area contributed by atoms with E-state index in [1.807, 2.05) is 6.07 Å². The van der Waals surface area contributed by atoms with Gasteiger partial charge >= 0.3 is 23.9 Å². The van der Waals surface area contributed by atoms with E-state index in [0.717, 1.165) is 10.5 Å². The number of aliphatic carboxylic acids is 1. The van der Waals surface area contributed by atoms with E-state index in [2.05, 4.69) is 0 Å². The van der Waals surface area contributed by atoms with Gasteiger partial charge in [0.2, 0.25) is 0 Å². The van der Waals surface area contributed by atoms with Gasteiger partial charge in [0, 0.05) is 6.54 Å². The predicted octanol–water partition coefficient (Wildman–Crippen LogP) is 1.10. The van der Waals surface area contributed by atoms with E-state index in [1.165, 1.54) is 0 Å². The summed E-state index contributed by atoms with van der Waals surface area (Å²) < 4.78 is 5.06. The van der Waals surface area contributed by atoms with Gasteiger partial charge in [-0.1, -0.05) is 44.2 Å². The van der Waals surface area contributed by atoms with Crippen LogP contribution in [0.3, 0.4) is 0 Å². The zero-order valence-electron chi connectivity index (χ0n) is 14.0. The number of nitrogens with zero attached hydrogens (tertiary/aromatic N) is 2. The van der Waals surface area contributed by atoms with Crippen molar-refractivity contribution in [3.63, 3.8) is 0 Å². The molecule has 1 aliphatic rings. The Balaban J connectivity index is 2.02. The topological polar surface area (TPSA) is 104 Å². The highest BCUT2D eigenvalue weighted by Crippen LogP contribution is 2.17. The molecule has 1 saturated heterocycles. The number of carboxylic acid groups (broad SMARTS) is 1. The Morgan fingerprint density at radius 1 is 1.12 bits per heavy atom. The second-order valence-electron chi connectivity index (χ2n) is 6.02. The largest absolute Gasteiger partial charge is 0.480 e. The number of carbonyl (C=O) groups is 4. The number of hydrogen-bond donors (Lipinski definition) is 1. The van der Waals surface area contributed by atoms with E-state index in [0.29, 0.717) is 4.90 Å². The van der Waals surface area contributed by atoms with Crippen molar-refractivity contribution in [2.45, 2.75) is 26.5 Å². The lowest BCUT2D eigenvalue weighted by atomic mass is 10.0. The van der Waals surface area contributed by atoms with Gasteiger partial charge in [0.05, 0.1) is 6.54 Å². The van der Waals surface area contributed by atoms with Crippen LogP contribution in [0.4, 0.5) is 4.79 Å².